The molecule has 0 N–H and O–H groups in total. The molecule has 0 fully saturated rings. The highest BCUT2D eigenvalue weighted by Crippen LogP contribution is 2.16. The summed E-state index contributed by atoms with van der Waals surface area (Å²) in [5, 5.41) is 0. The van der Waals surface area contributed by atoms with Gasteiger partial charge in [-0.05, 0) is 32.6 Å². The quantitative estimate of drug-likeness (QED) is 0.0743. The van der Waals surface area contributed by atoms with Crippen LogP contribution in [0, 0.1) is 0 Å². The van der Waals surface area contributed by atoms with E-state index in [0.29, 0.717) is 0 Å². The minimum atomic E-state index is 1.32. The van der Waals surface area contributed by atoms with Crippen molar-refractivity contribution in [1.82, 2.24) is 0 Å². The number of rotatable bonds is 29. The first-order valence-corrected chi connectivity index (χ1v) is 16.5. The molecular weight excluding hydrogens is 408 g/mol. The van der Waals surface area contributed by atoms with Gasteiger partial charge in [-0.2, -0.15) is 0 Å². The molecule has 0 spiro atoms. The Kier molecular flexibility index (Phi) is 30.5. The van der Waals surface area contributed by atoms with E-state index in [1.165, 1.54) is 186 Å². The fourth-order valence-corrected chi connectivity index (χ4v) is 5.21. The molecule has 34 heavy (non-hydrogen) atoms. The average Bonchev–Trinajstić information content (AvgIpc) is 2.84. The fraction of sp³-hybridized carbons (Fsp3) is 0.941. The smallest absolute Gasteiger partial charge is 0.0323 e. The third-order valence-electron chi connectivity index (χ3n) is 7.73. The molecule has 0 atom stereocenters. The van der Waals surface area contributed by atoms with Crippen LogP contribution in [0.4, 0.5) is 0 Å². The third-order valence-corrected chi connectivity index (χ3v) is 7.73. The Balaban J connectivity index is 3.21. The zero-order valence-electron chi connectivity index (χ0n) is 24.6. The predicted molar refractivity (Wildman–Crippen MR) is 159 cm³/mol. The highest BCUT2D eigenvalue weighted by atomic mass is 14.0. The van der Waals surface area contributed by atoms with Crippen molar-refractivity contribution >= 4 is 0 Å². The lowest BCUT2D eigenvalue weighted by Gasteiger charge is -2.04. The van der Waals surface area contributed by atoms with Crippen molar-refractivity contribution in [1.29, 1.82) is 0 Å². The molecular formula is C34H68. The summed E-state index contributed by atoms with van der Waals surface area (Å²) in [6.45, 7) is 6.97. The lowest BCUT2D eigenvalue weighted by molar-refractivity contribution is 0.532. The van der Waals surface area contributed by atoms with Crippen molar-refractivity contribution in [2.24, 2.45) is 0 Å². The third kappa shape index (κ3) is 29.8. The summed E-state index contributed by atoms with van der Waals surface area (Å²) in [5.74, 6) is 0. The van der Waals surface area contributed by atoms with E-state index in [9.17, 15) is 0 Å². The van der Waals surface area contributed by atoms with Crippen molar-refractivity contribution in [2.75, 3.05) is 0 Å². The highest BCUT2D eigenvalue weighted by Gasteiger charge is 1.96. The number of allylic oxidation sites excluding steroid dienone is 2. The van der Waals surface area contributed by atoms with Crippen LogP contribution in [0.2, 0.25) is 0 Å². The van der Waals surface area contributed by atoms with Gasteiger partial charge >= 0.3 is 0 Å². The van der Waals surface area contributed by atoms with Gasteiger partial charge < -0.3 is 0 Å². The molecule has 0 unspecified atom stereocenters. The van der Waals surface area contributed by atoms with Crippen molar-refractivity contribution < 1.29 is 0 Å². The molecule has 0 aromatic heterocycles. The Bertz CT molecular complexity index is 379. The minimum Gasteiger partial charge on any atom is -0.0856 e. The van der Waals surface area contributed by atoms with Crippen LogP contribution >= 0.6 is 0 Å². The van der Waals surface area contributed by atoms with E-state index in [4.69, 9.17) is 0 Å². The molecule has 0 bridgehead atoms. The number of unbranched alkanes of at least 4 members (excludes halogenated alkanes) is 26. The van der Waals surface area contributed by atoms with E-state index >= 15 is 0 Å². The summed E-state index contributed by atoms with van der Waals surface area (Å²) in [6, 6.07) is 0. The maximum Gasteiger partial charge on any atom is -0.0323 e. The second kappa shape index (κ2) is 30.8. The molecule has 0 rings (SSSR count). The summed E-state index contributed by atoms with van der Waals surface area (Å²) in [5.41, 5.74) is 1.65. The van der Waals surface area contributed by atoms with Gasteiger partial charge in [-0.25, -0.2) is 0 Å². The first-order chi connectivity index (χ1) is 16.8. The standard InChI is InChI=1S/C34H68/c1-4-6-8-10-12-14-16-18-19-20-21-23-25-27-29-31-33-34(3)32-30-28-26-24-22-17-15-13-11-9-7-5-2/h33H,4-32H2,1-3H3. The monoisotopic (exact) mass is 477 g/mol. The first-order valence-electron chi connectivity index (χ1n) is 16.5. The zero-order valence-corrected chi connectivity index (χ0v) is 24.6. The second-order valence-electron chi connectivity index (χ2n) is 11.4. The van der Waals surface area contributed by atoms with Crippen LogP contribution in [0.25, 0.3) is 0 Å². The van der Waals surface area contributed by atoms with Crippen molar-refractivity contribution in [3.8, 4) is 0 Å². The fourth-order valence-electron chi connectivity index (χ4n) is 5.21. The van der Waals surface area contributed by atoms with Gasteiger partial charge in [0.1, 0.15) is 0 Å². The van der Waals surface area contributed by atoms with E-state index < -0.39 is 0 Å². The Labute approximate surface area is 218 Å². The van der Waals surface area contributed by atoms with E-state index in [1.807, 2.05) is 0 Å². The van der Waals surface area contributed by atoms with Crippen molar-refractivity contribution in [2.45, 2.75) is 207 Å². The molecule has 0 saturated heterocycles. The molecule has 204 valence electrons. The summed E-state index contributed by atoms with van der Waals surface area (Å²) in [6.07, 6.45) is 44.5. The SMILES string of the molecule is CCCCCCCCCCCCCCCCCC=C(C)CCCCCCCCCCCCCC. The molecule has 0 amide bonds. The van der Waals surface area contributed by atoms with Gasteiger partial charge in [0, 0.05) is 0 Å². The molecule has 0 nitrogen and oxygen atoms in total. The average molecular weight is 477 g/mol. The van der Waals surface area contributed by atoms with Gasteiger partial charge in [0.25, 0.3) is 0 Å². The van der Waals surface area contributed by atoms with E-state index in [-0.39, 0.29) is 0 Å². The summed E-state index contributed by atoms with van der Waals surface area (Å²) in [4.78, 5) is 0. The predicted octanol–water partition coefficient (Wildman–Crippen LogP) is 13.3. The van der Waals surface area contributed by atoms with E-state index in [0.717, 1.165) is 0 Å². The summed E-state index contributed by atoms with van der Waals surface area (Å²) < 4.78 is 0. The Morgan fingerprint density at radius 3 is 0.941 bits per heavy atom. The van der Waals surface area contributed by atoms with Gasteiger partial charge in [-0.1, -0.05) is 186 Å². The molecule has 0 heterocycles. The van der Waals surface area contributed by atoms with Crippen LogP contribution in [0.1, 0.15) is 207 Å². The van der Waals surface area contributed by atoms with Crippen LogP contribution in [0.3, 0.4) is 0 Å². The normalized spacial score (nSPS) is 12.0. The van der Waals surface area contributed by atoms with Crippen molar-refractivity contribution in [3.63, 3.8) is 0 Å². The molecule has 0 aliphatic heterocycles. The largest absolute Gasteiger partial charge is 0.0856 e. The van der Waals surface area contributed by atoms with Gasteiger partial charge in [0.2, 0.25) is 0 Å². The second-order valence-corrected chi connectivity index (χ2v) is 11.4. The highest BCUT2D eigenvalue weighted by molar-refractivity contribution is 4.97. The number of hydrogen-bond donors (Lipinski definition) is 0. The van der Waals surface area contributed by atoms with Crippen LogP contribution in [0.5, 0.6) is 0 Å². The molecule has 0 aromatic carbocycles. The maximum atomic E-state index is 2.54. The van der Waals surface area contributed by atoms with Gasteiger partial charge in [-0.15, -0.1) is 0 Å². The molecule has 0 radical (unpaired) electrons. The Hall–Kier alpha value is -0.260. The lowest BCUT2D eigenvalue weighted by atomic mass is 10.0. The van der Waals surface area contributed by atoms with Crippen molar-refractivity contribution in [3.05, 3.63) is 11.6 Å². The molecule has 0 aromatic rings. The van der Waals surface area contributed by atoms with Crippen LogP contribution in [0.15, 0.2) is 11.6 Å². The summed E-state index contributed by atoms with van der Waals surface area (Å²) >= 11 is 0. The van der Waals surface area contributed by atoms with Gasteiger partial charge in [0.05, 0.1) is 0 Å². The summed E-state index contributed by atoms with van der Waals surface area (Å²) in [7, 11) is 0. The first kappa shape index (κ1) is 33.7. The molecule has 0 saturated carbocycles. The lowest BCUT2D eigenvalue weighted by Crippen LogP contribution is -1.84. The molecule has 0 aliphatic rings. The topological polar surface area (TPSA) is 0 Å². The molecule has 0 aliphatic carbocycles. The van der Waals surface area contributed by atoms with E-state index in [1.54, 1.807) is 5.57 Å². The maximum absolute atomic E-state index is 2.54. The molecule has 0 heteroatoms. The zero-order chi connectivity index (χ0) is 24.8. The Morgan fingerprint density at radius 1 is 0.353 bits per heavy atom. The van der Waals surface area contributed by atoms with E-state index in [2.05, 4.69) is 26.8 Å². The van der Waals surface area contributed by atoms with Crippen LogP contribution < -0.4 is 0 Å². The Morgan fingerprint density at radius 2 is 0.618 bits per heavy atom. The van der Waals surface area contributed by atoms with Gasteiger partial charge in [-0.3, -0.25) is 0 Å². The van der Waals surface area contributed by atoms with Crippen LogP contribution in [-0.4, -0.2) is 0 Å². The minimum absolute atomic E-state index is 1.32. The van der Waals surface area contributed by atoms with Gasteiger partial charge in [0.15, 0.2) is 0 Å². The van der Waals surface area contributed by atoms with Crippen LogP contribution in [-0.2, 0) is 0 Å². The number of hydrogen-bond acceptors (Lipinski definition) is 0.